The number of carbonyl (C=O) groups excluding carboxylic acids is 1. The van der Waals surface area contributed by atoms with Gasteiger partial charge in [0.2, 0.25) is 0 Å². The van der Waals surface area contributed by atoms with Crippen molar-refractivity contribution >= 4 is 5.78 Å². The van der Waals surface area contributed by atoms with Crippen molar-refractivity contribution in [2.75, 3.05) is 32.8 Å². The van der Waals surface area contributed by atoms with Crippen LogP contribution in [0.1, 0.15) is 39.5 Å². The van der Waals surface area contributed by atoms with E-state index in [2.05, 4.69) is 11.8 Å². The van der Waals surface area contributed by atoms with Gasteiger partial charge in [0.05, 0.1) is 6.61 Å². The lowest BCUT2D eigenvalue weighted by Gasteiger charge is -2.27. The highest BCUT2D eigenvalue weighted by molar-refractivity contribution is 5.81. The first-order chi connectivity index (χ1) is 7.77. The van der Waals surface area contributed by atoms with Gasteiger partial charge in [0.1, 0.15) is 5.78 Å². The smallest absolute Gasteiger partial charge is 0.137 e. The van der Waals surface area contributed by atoms with Gasteiger partial charge in [0.25, 0.3) is 0 Å². The van der Waals surface area contributed by atoms with Crippen molar-refractivity contribution in [2.45, 2.75) is 39.5 Å². The number of rotatable bonds is 7. The average Bonchev–Trinajstić information content (AvgIpc) is 2.30. The molecule has 1 rings (SSSR count). The maximum atomic E-state index is 11.7. The minimum atomic E-state index is 0.287. The molecular weight excluding hydrogens is 202 g/mol. The van der Waals surface area contributed by atoms with Crippen molar-refractivity contribution in [3.8, 4) is 0 Å². The van der Waals surface area contributed by atoms with Crippen LogP contribution in [0.25, 0.3) is 0 Å². The first-order valence-electron chi connectivity index (χ1n) is 6.60. The Morgan fingerprint density at radius 3 is 2.81 bits per heavy atom. The zero-order chi connectivity index (χ0) is 11.8. The molecule has 3 heteroatoms. The predicted molar refractivity (Wildman–Crippen MR) is 65.6 cm³/mol. The third-order valence-corrected chi connectivity index (χ3v) is 3.36. The zero-order valence-corrected chi connectivity index (χ0v) is 10.7. The van der Waals surface area contributed by atoms with E-state index in [1.807, 2.05) is 6.92 Å². The van der Waals surface area contributed by atoms with Gasteiger partial charge in [0, 0.05) is 32.0 Å². The van der Waals surface area contributed by atoms with Crippen LogP contribution in [0.5, 0.6) is 0 Å². The Bertz CT molecular complexity index is 206. The normalized spacial score (nSPS) is 21.7. The summed E-state index contributed by atoms with van der Waals surface area (Å²) in [6, 6.07) is 0. The van der Waals surface area contributed by atoms with Crippen molar-refractivity contribution in [3.05, 3.63) is 0 Å². The van der Waals surface area contributed by atoms with E-state index in [1.54, 1.807) is 0 Å². The Balaban J connectivity index is 2.27. The third-order valence-electron chi connectivity index (χ3n) is 3.36. The summed E-state index contributed by atoms with van der Waals surface area (Å²) >= 11 is 0. The highest BCUT2D eigenvalue weighted by atomic mass is 16.5. The Hall–Kier alpha value is -0.410. The van der Waals surface area contributed by atoms with Crippen LogP contribution in [-0.2, 0) is 9.53 Å². The molecule has 0 N–H and O–H groups in total. The molecule has 1 aliphatic rings. The molecule has 1 atom stereocenters. The quantitative estimate of drug-likeness (QED) is 0.624. The molecule has 16 heavy (non-hydrogen) atoms. The molecule has 0 amide bonds. The standard InChI is InChI=1S/C13H25NO2/c1-3-14(9-10-16-4-2)11-12-7-5-6-8-13(12)15/h12H,3-11H2,1-2H3. The highest BCUT2D eigenvalue weighted by Gasteiger charge is 2.23. The van der Waals surface area contributed by atoms with Crippen molar-refractivity contribution in [2.24, 2.45) is 5.92 Å². The van der Waals surface area contributed by atoms with Crippen LogP contribution in [0.3, 0.4) is 0 Å². The van der Waals surface area contributed by atoms with Gasteiger partial charge in [0.15, 0.2) is 0 Å². The van der Waals surface area contributed by atoms with E-state index in [0.717, 1.165) is 52.1 Å². The summed E-state index contributed by atoms with van der Waals surface area (Å²) in [7, 11) is 0. The molecule has 0 saturated heterocycles. The van der Waals surface area contributed by atoms with E-state index in [-0.39, 0.29) is 5.92 Å². The first kappa shape index (κ1) is 13.7. The Kier molecular flexibility index (Phi) is 6.65. The minimum absolute atomic E-state index is 0.287. The second kappa shape index (κ2) is 7.80. The fraction of sp³-hybridized carbons (Fsp3) is 0.923. The molecule has 0 heterocycles. The Morgan fingerprint density at radius 1 is 1.38 bits per heavy atom. The number of likely N-dealkylation sites (N-methyl/N-ethyl adjacent to an activating group) is 1. The van der Waals surface area contributed by atoms with Crippen molar-refractivity contribution in [3.63, 3.8) is 0 Å². The molecule has 0 aromatic rings. The maximum Gasteiger partial charge on any atom is 0.137 e. The molecule has 0 spiro atoms. The third kappa shape index (κ3) is 4.62. The van der Waals surface area contributed by atoms with Crippen molar-refractivity contribution in [1.29, 1.82) is 0 Å². The first-order valence-corrected chi connectivity index (χ1v) is 6.60. The van der Waals surface area contributed by atoms with Gasteiger partial charge in [-0.1, -0.05) is 13.3 Å². The molecule has 1 fully saturated rings. The summed E-state index contributed by atoms with van der Waals surface area (Å²) in [5.41, 5.74) is 0. The van der Waals surface area contributed by atoms with Crippen molar-refractivity contribution in [1.82, 2.24) is 4.90 Å². The monoisotopic (exact) mass is 227 g/mol. The molecule has 0 radical (unpaired) electrons. The topological polar surface area (TPSA) is 29.5 Å². The van der Waals surface area contributed by atoms with Gasteiger partial charge in [-0.15, -0.1) is 0 Å². The zero-order valence-electron chi connectivity index (χ0n) is 10.7. The Morgan fingerprint density at radius 2 is 2.19 bits per heavy atom. The highest BCUT2D eigenvalue weighted by Crippen LogP contribution is 2.21. The fourth-order valence-corrected chi connectivity index (χ4v) is 2.28. The minimum Gasteiger partial charge on any atom is -0.380 e. The van der Waals surface area contributed by atoms with Crippen molar-refractivity contribution < 1.29 is 9.53 Å². The number of ketones is 1. The van der Waals surface area contributed by atoms with Crippen LogP contribution in [0, 0.1) is 5.92 Å². The lowest BCUT2D eigenvalue weighted by molar-refractivity contribution is -0.125. The summed E-state index contributed by atoms with van der Waals surface area (Å²) in [5, 5.41) is 0. The van der Waals surface area contributed by atoms with Gasteiger partial charge >= 0.3 is 0 Å². The molecule has 94 valence electrons. The molecule has 0 aromatic heterocycles. The van der Waals surface area contributed by atoms with E-state index in [9.17, 15) is 4.79 Å². The molecule has 1 aliphatic carbocycles. The second-order valence-electron chi connectivity index (χ2n) is 4.50. The Labute approximate surface area is 99.1 Å². The van der Waals surface area contributed by atoms with Gasteiger partial charge in [-0.2, -0.15) is 0 Å². The molecule has 3 nitrogen and oxygen atoms in total. The number of hydrogen-bond donors (Lipinski definition) is 0. The van der Waals surface area contributed by atoms with Crippen LogP contribution in [0.15, 0.2) is 0 Å². The van der Waals surface area contributed by atoms with Crippen LogP contribution in [0.2, 0.25) is 0 Å². The van der Waals surface area contributed by atoms with Crippen LogP contribution in [-0.4, -0.2) is 43.5 Å². The lowest BCUT2D eigenvalue weighted by Crippen LogP contribution is -2.36. The van der Waals surface area contributed by atoms with E-state index >= 15 is 0 Å². The summed E-state index contributed by atoms with van der Waals surface area (Å²) in [5.74, 6) is 0.761. The SMILES string of the molecule is CCOCCN(CC)CC1CCCCC1=O. The van der Waals surface area contributed by atoms with Gasteiger partial charge in [-0.05, 0) is 26.3 Å². The fourth-order valence-electron chi connectivity index (χ4n) is 2.28. The number of nitrogens with zero attached hydrogens (tertiary/aromatic N) is 1. The number of hydrogen-bond acceptors (Lipinski definition) is 3. The van der Waals surface area contributed by atoms with Crippen LogP contribution >= 0.6 is 0 Å². The number of carbonyl (C=O) groups is 1. The lowest BCUT2D eigenvalue weighted by atomic mass is 9.87. The second-order valence-corrected chi connectivity index (χ2v) is 4.50. The van der Waals surface area contributed by atoms with Crippen LogP contribution < -0.4 is 0 Å². The van der Waals surface area contributed by atoms with Gasteiger partial charge < -0.3 is 9.64 Å². The predicted octanol–water partition coefficient (Wildman–Crippen LogP) is 2.10. The summed E-state index contributed by atoms with van der Waals surface area (Å²) < 4.78 is 5.36. The largest absolute Gasteiger partial charge is 0.380 e. The summed E-state index contributed by atoms with van der Waals surface area (Å²) in [4.78, 5) is 14.1. The van der Waals surface area contributed by atoms with Gasteiger partial charge in [-0.25, -0.2) is 0 Å². The molecule has 0 bridgehead atoms. The molecule has 1 unspecified atom stereocenters. The summed E-state index contributed by atoms with van der Waals surface area (Å²) in [6.07, 6.45) is 4.21. The molecule has 0 aliphatic heterocycles. The number of ether oxygens (including phenoxy) is 1. The average molecular weight is 227 g/mol. The summed E-state index contributed by atoms with van der Waals surface area (Å²) in [6.45, 7) is 8.62. The molecule has 0 aromatic carbocycles. The van der Waals surface area contributed by atoms with E-state index in [0.29, 0.717) is 5.78 Å². The molecular formula is C13H25NO2. The van der Waals surface area contributed by atoms with E-state index in [1.165, 1.54) is 6.42 Å². The van der Waals surface area contributed by atoms with E-state index < -0.39 is 0 Å². The van der Waals surface area contributed by atoms with E-state index in [4.69, 9.17) is 4.74 Å². The molecule has 1 saturated carbocycles. The number of Topliss-reactive ketones (excluding diaryl/α,β-unsaturated/α-hetero) is 1. The maximum absolute atomic E-state index is 11.7. The van der Waals surface area contributed by atoms with Crippen LogP contribution in [0.4, 0.5) is 0 Å². The van der Waals surface area contributed by atoms with Gasteiger partial charge in [-0.3, -0.25) is 4.79 Å².